The zero-order valence-electron chi connectivity index (χ0n) is 10.2. The number of halogens is 1. The molecule has 1 heterocycles. The summed E-state index contributed by atoms with van der Waals surface area (Å²) in [6.45, 7) is 0.380. The minimum Gasteiger partial charge on any atom is -0.398 e. The van der Waals surface area contributed by atoms with E-state index in [1.54, 1.807) is 0 Å². The second-order valence-corrected chi connectivity index (χ2v) is 4.47. The number of nitrogens with two attached hydrogens (primary N) is 2. The van der Waals surface area contributed by atoms with Crippen molar-refractivity contribution in [1.29, 1.82) is 0 Å². The largest absolute Gasteiger partial charge is 0.398 e. The van der Waals surface area contributed by atoms with E-state index in [0.29, 0.717) is 19.4 Å². The van der Waals surface area contributed by atoms with Crippen molar-refractivity contribution >= 4 is 23.2 Å². The van der Waals surface area contributed by atoms with Gasteiger partial charge in [-0.15, -0.1) is 0 Å². The van der Waals surface area contributed by atoms with Gasteiger partial charge in [0.2, 0.25) is 5.91 Å². The number of nitrogens with one attached hydrogen (secondary N) is 2. The van der Waals surface area contributed by atoms with Crippen LogP contribution >= 0.6 is 0 Å². The molecule has 0 radical (unpaired) electrons. The minimum atomic E-state index is -0.713. The number of primary amides is 1. The molecule has 1 atom stereocenters. The van der Waals surface area contributed by atoms with Gasteiger partial charge in [-0.3, -0.25) is 9.59 Å². The third-order valence-electron chi connectivity index (χ3n) is 3.03. The highest BCUT2D eigenvalue weighted by Crippen LogP contribution is 2.22. The fraction of sp³-hybridized carbons (Fsp3) is 0.333. The van der Waals surface area contributed by atoms with Crippen molar-refractivity contribution in [3.8, 4) is 0 Å². The molecule has 102 valence electrons. The van der Waals surface area contributed by atoms with Crippen molar-refractivity contribution in [3.63, 3.8) is 0 Å². The number of hydrogen-bond acceptors (Lipinski definition) is 4. The standard InChI is InChI=1S/C12H15FN4O2/c13-8-4-9(14)7(12(15)19)3-10(8)16-5-6-1-2-11(18)17-6/h3-4,6,16H,1-2,5,14H2,(H2,15,19)(H,17,18). The Hall–Kier alpha value is -2.31. The number of amides is 2. The number of carbonyl (C=O) groups excluding carboxylic acids is 2. The molecule has 1 saturated heterocycles. The van der Waals surface area contributed by atoms with E-state index in [9.17, 15) is 14.0 Å². The summed E-state index contributed by atoms with van der Waals surface area (Å²) in [7, 11) is 0. The van der Waals surface area contributed by atoms with Gasteiger partial charge in [0.25, 0.3) is 5.91 Å². The molecule has 1 aromatic carbocycles. The van der Waals surface area contributed by atoms with E-state index in [2.05, 4.69) is 10.6 Å². The molecular formula is C12H15FN4O2. The first-order chi connectivity index (χ1) is 8.97. The Morgan fingerprint density at radius 1 is 1.53 bits per heavy atom. The average molecular weight is 266 g/mol. The van der Waals surface area contributed by atoms with Crippen LogP contribution in [0.3, 0.4) is 0 Å². The number of carbonyl (C=O) groups is 2. The Morgan fingerprint density at radius 2 is 2.26 bits per heavy atom. The Balaban J connectivity index is 2.09. The van der Waals surface area contributed by atoms with Crippen LogP contribution in [0, 0.1) is 5.82 Å². The predicted molar refractivity (Wildman–Crippen MR) is 69.0 cm³/mol. The molecule has 0 aliphatic carbocycles. The van der Waals surface area contributed by atoms with Gasteiger partial charge in [0, 0.05) is 24.7 Å². The first kappa shape index (κ1) is 13.1. The Bertz CT molecular complexity index is 533. The Morgan fingerprint density at radius 3 is 2.84 bits per heavy atom. The third-order valence-corrected chi connectivity index (χ3v) is 3.03. The fourth-order valence-electron chi connectivity index (χ4n) is 2.00. The lowest BCUT2D eigenvalue weighted by atomic mass is 10.1. The molecule has 0 spiro atoms. The highest BCUT2D eigenvalue weighted by atomic mass is 19.1. The average Bonchev–Trinajstić information content (AvgIpc) is 2.73. The molecule has 1 aliphatic heterocycles. The van der Waals surface area contributed by atoms with Gasteiger partial charge in [-0.2, -0.15) is 0 Å². The van der Waals surface area contributed by atoms with Crippen LogP contribution in [0.1, 0.15) is 23.2 Å². The van der Waals surface area contributed by atoms with Gasteiger partial charge in [0.1, 0.15) is 5.82 Å². The molecule has 19 heavy (non-hydrogen) atoms. The van der Waals surface area contributed by atoms with Crippen LogP contribution in [0.2, 0.25) is 0 Å². The van der Waals surface area contributed by atoms with Gasteiger partial charge in [-0.25, -0.2) is 4.39 Å². The van der Waals surface area contributed by atoms with Crippen LogP contribution in [0.4, 0.5) is 15.8 Å². The number of nitrogen functional groups attached to an aromatic ring is 1. The van der Waals surface area contributed by atoms with Gasteiger partial charge in [0.15, 0.2) is 0 Å². The predicted octanol–water partition coefficient (Wildman–Crippen LogP) is 0.197. The van der Waals surface area contributed by atoms with E-state index in [4.69, 9.17) is 11.5 Å². The fourth-order valence-corrected chi connectivity index (χ4v) is 2.00. The van der Waals surface area contributed by atoms with Crippen molar-refractivity contribution < 1.29 is 14.0 Å². The maximum absolute atomic E-state index is 13.7. The van der Waals surface area contributed by atoms with E-state index in [1.807, 2.05) is 0 Å². The third kappa shape index (κ3) is 2.93. The highest BCUT2D eigenvalue weighted by molar-refractivity contribution is 5.99. The van der Waals surface area contributed by atoms with Gasteiger partial charge in [-0.05, 0) is 18.6 Å². The molecule has 0 aromatic heterocycles. The van der Waals surface area contributed by atoms with Gasteiger partial charge in [0.05, 0.1) is 11.3 Å². The lowest BCUT2D eigenvalue weighted by Crippen LogP contribution is -2.32. The first-order valence-electron chi connectivity index (χ1n) is 5.89. The minimum absolute atomic E-state index is 0.00437. The van der Waals surface area contributed by atoms with Crippen molar-refractivity contribution in [3.05, 3.63) is 23.5 Å². The van der Waals surface area contributed by atoms with Crippen LogP contribution in [0.25, 0.3) is 0 Å². The zero-order valence-corrected chi connectivity index (χ0v) is 10.2. The molecular weight excluding hydrogens is 251 g/mol. The summed E-state index contributed by atoms with van der Waals surface area (Å²) in [5.41, 5.74) is 10.9. The maximum atomic E-state index is 13.7. The van der Waals surface area contributed by atoms with Gasteiger partial charge in [-0.1, -0.05) is 0 Å². The summed E-state index contributed by atoms with van der Waals surface area (Å²) >= 11 is 0. The second-order valence-electron chi connectivity index (χ2n) is 4.47. The Kier molecular flexibility index (Phi) is 3.55. The zero-order chi connectivity index (χ0) is 14.0. The molecule has 1 aromatic rings. The number of benzene rings is 1. The second kappa shape index (κ2) is 5.13. The number of anilines is 2. The van der Waals surface area contributed by atoms with Crippen LogP contribution in [-0.4, -0.2) is 24.4 Å². The summed E-state index contributed by atoms with van der Waals surface area (Å²) < 4.78 is 13.7. The Labute approximate surface area is 109 Å². The van der Waals surface area contributed by atoms with E-state index < -0.39 is 11.7 Å². The molecule has 0 saturated carbocycles. The molecule has 2 rings (SSSR count). The van der Waals surface area contributed by atoms with Crippen molar-refractivity contribution in [2.75, 3.05) is 17.6 Å². The topological polar surface area (TPSA) is 110 Å². The van der Waals surface area contributed by atoms with Crippen LogP contribution in [0.15, 0.2) is 12.1 Å². The first-order valence-corrected chi connectivity index (χ1v) is 5.89. The quantitative estimate of drug-likeness (QED) is 0.583. The summed E-state index contributed by atoms with van der Waals surface area (Å²) in [6.07, 6.45) is 1.17. The molecule has 7 heteroatoms. The smallest absolute Gasteiger partial charge is 0.250 e. The van der Waals surface area contributed by atoms with E-state index in [1.165, 1.54) is 6.07 Å². The van der Waals surface area contributed by atoms with Crippen molar-refractivity contribution in [2.24, 2.45) is 5.73 Å². The molecule has 6 N–H and O–H groups in total. The summed E-state index contributed by atoms with van der Waals surface area (Å²) in [4.78, 5) is 22.2. The van der Waals surface area contributed by atoms with Crippen LogP contribution in [-0.2, 0) is 4.79 Å². The molecule has 0 bridgehead atoms. The normalized spacial score (nSPS) is 18.2. The monoisotopic (exact) mass is 266 g/mol. The summed E-state index contributed by atoms with van der Waals surface area (Å²) in [5, 5.41) is 5.60. The van der Waals surface area contributed by atoms with Gasteiger partial charge < -0.3 is 22.1 Å². The van der Waals surface area contributed by atoms with E-state index in [-0.39, 0.29) is 28.9 Å². The number of hydrogen-bond donors (Lipinski definition) is 4. The lowest BCUT2D eigenvalue weighted by Gasteiger charge is -2.14. The molecule has 1 fully saturated rings. The van der Waals surface area contributed by atoms with Gasteiger partial charge >= 0.3 is 0 Å². The molecule has 1 unspecified atom stereocenters. The molecule has 6 nitrogen and oxygen atoms in total. The maximum Gasteiger partial charge on any atom is 0.250 e. The van der Waals surface area contributed by atoms with Crippen LogP contribution in [0.5, 0.6) is 0 Å². The van der Waals surface area contributed by atoms with Crippen molar-refractivity contribution in [2.45, 2.75) is 18.9 Å². The van der Waals surface area contributed by atoms with Crippen molar-refractivity contribution in [1.82, 2.24) is 5.32 Å². The van der Waals surface area contributed by atoms with E-state index in [0.717, 1.165) is 6.07 Å². The SMILES string of the molecule is NC(=O)c1cc(NCC2CCC(=O)N2)c(F)cc1N. The number of rotatable bonds is 4. The summed E-state index contributed by atoms with van der Waals surface area (Å²) in [6, 6.07) is 2.29. The van der Waals surface area contributed by atoms with E-state index >= 15 is 0 Å². The summed E-state index contributed by atoms with van der Waals surface area (Å²) in [5.74, 6) is -1.29. The highest BCUT2D eigenvalue weighted by Gasteiger charge is 2.21. The van der Waals surface area contributed by atoms with Crippen LogP contribution < -0.4 is 22.1 Å². The molecule has 1 aliphatic rings. The lowest BCUT2D eigenvalue weighted by molar-refractivity contribution is -0.119. The molecule has 2 amide bonds.